The Kier molecular flexibility index (Phi) is 6.39. The quantitative estimate of drug-likeness (QED) is 0.670. The lowest BCUT2D eigenvalue weighted by Crippen LogP contribution is -2.32. The van der Waals surface area contributed by atoms with Gasteiger partial charge in [-0.2, -0.15) is 0 Å². The van der Waals surface area contributed by atoms with E-state index in [9.17, 15) is 19.5 Å². The molecule has 0 saturated carbocycles. The highest BCUT2D eigenvalue weighted by Gasteiger charge is 2.17. The average Bonchev–Trinajstić information content (AvgIpc) is 3.24. The summed E-state index contributed by atoms with van der Waals surface area (Å²) in [6.45, 7) is 0.579. The molecule has 2 heterocycles. The molecule has 0 spiro atoms. The summed E-state index contributed by atoms with van der Waals surface area (Å²) >= 11 is 1.41. The van der Waals surface area contributed by atoms with Crippen molar-refractivity contribution >= 4 is 29.0 Å². The van der Waals surface area contributed by atoms with Crippen LogP contribution in [0.4, 0.5) is 0 Å². The summed E-state index contributed by atoms with van der Waals surface area (Å²) in [6, 6.07) is 10.4. The zero-order chi connectivity index (χ0) is 19.9. The van der Waals surface area contributed by atoms with E-state index in [1.54, 1.807) is 59.8 Å². The Labute approximate surface area is 166 Å². The third kappa shape index (κ3) is 4.95. The Balaban J connectivity index is 1.47. The second-order valence-corrected chi connectivity index (χ2v) is 7.23. The van der Waals surface area contributed by atoms with Gasteiger partial charge in [-0.3, -0.25) is 9.59 Å². The third-order valence-electron chi connectivity index (χ3n) is 4.34. The summed E-state index contributed by atoms with van der Waals surface area (Å²) in [5.74, 6) is -1.52. The summed E-state index contributed by atoms with van der Waals surface area (Å²) in [4.78, 5) is 38.1. The summed E-state index contributed by atoms with van der Waals surface area (Å²) in [6.07, 6.45) is 7.38. The lowest BCUT2D eigenvalue weighted by molar-refractivity contribution is -0.122. The number of nitrogens with zero attached hydrogens (tertiary/aromatic N) is 1. The molecule has 0 saturated heterocycles. The number of carbonyl (C=O) groups excluding carboxylic acids is 2. The van der Waals surface area contributed by atoms with Crippen molar-refractivity contribution in [1.82, 2.24) is 10.2 Å². The predicted molar refractivity (Wildman–Crippen MR) is 107 cm³/mol. The molecule has 1 aliphatic heterocycles. The van der Waals surface area contributed by atoms with Crippen LogP contribution in [0.15, 0.2) is 66.3 Å². The Hall–Kier alpha value is -3.19. The number of carboxylic acid groups (broad SMARTS) is 1. The number of hydrogen-bond donors (Lipinski definition) is 2. The van der Waals surface area contributed by atoms with Gasteiger partial charge < -0.3 is 15.3 Å². The van der Waals surface area contributed by atoms with E-state index in [0.29, 0.717) is 23.4 Å². The molecule has 3 rings (SSSR count). The van der Waals surface area contributed by atoms with Gasteiger partial charge in [-0.15, -0.1) is 11.3 Å². The van der Waals surface area contributed by atoms with Gasteiger partial charge in [0.2, 0.25) is 5.91 Å². The smallest absolute Gasteiger partial charge is 0.335 e. The molecule has 28 heavy (non-hydrogen) atoms. The molecular formula is C21H20N2O4S. The highest BCUT2D eigenvalue weighted by Crippen LogP contribution is 2.14. The fourth-order valence-corrected chi connectivity index (χ4v) is 3.52. The standard InChI is InChI=1S/C21H20N2O4S/c24-18(19-6-3-13-28-19)14-23-11-8-16(9-12-23)20(25)22-10-7-15-4-1-2-5-17(15)21(26)27/h1-6,8-9,11-13,16H,7,10,14H2,(H,22,25)(H,26,27). The minimum atomic E-state index is -0.975. The Bertz CT molecular complexity index is 904. The van der Waals surface area contributed by atoms with Crippen molar-refractivity contribution in [2.75, 3.05) is 13.1 Å². The molecule has 1 aliphatic rings. The first kappa shape index (κ1) is 19.6. The van der Waals surface area contributed by atoms with Crippen LogP contribution in [-0.4, -0.2) is 40.8 Å². The maximum Gasteiger partial charge on any atom is 0.335 e. The molecule has 0 aliphatic carbocycles. The highest BCUT2D eigenvalue weighted by molar-refractivity contribution is 7.12. The van der Waals surface area contributed by atoms with Crippen molar-refractivity contribution in [3.05, 3.63) is 82.3 Å². The molecule has 6 nitrogen and oxygen atoms in total. The third-order valence-corrected chi connectivity index (χ3v) is 5.25. The van der Waals surface area contributed by atoms with E-state index in [0.717, 1.165) is 0 Å². The van der Waals surface area contributed by atoms with E-state index in [4.69, 9.17) is 0 Å². The summed E-state index contributed by atoms with van der Waals surface area (Å²) in [7, 11) is 0. The lowest BCUT2D eigenvalue weighted by Gasteiger charge is -2.20. The fourth-order valence-electron chi connectivity index (χ4n) is 2.87. The molecule has 1 aromatic carbocycles. The first-order chi connectivity index (χ1) is 13.5. The fraction of sp³-hybridized carbons (Fsp3) is 0.190. The zero-order valence-electron chi connectivity index (χ0n) is 15.1. The van der Waals surface area contributed by atoms with Crippen LogP contribution in [-0.2, 0) is 11.2 Å². The second-order valence-electron chi connectivity index (χ2n) is 6.28. The van der Waals surface area contributed by atoms with E-state index < -0.39 is 11.9 Å². The van der Waals surface area contributed by atoms with Crippen molar-refractivity contribution in [2.45, 2.75) is 6.42 Å². The number of ketones is 1. The van der Waals surface area contributed by atoms with Gasteiger partial charge >= 0.3 is 5.97 Å². The number of amides is 1. The van der Waals surface area contributed by atoms with Crippen molar-refractivity contribution < 1.29 is 19.5 Å². The second kappa shape index (κ2) is 9.14. The van der Waals surface area contributed by atoms with Crippen LogP contribution in [0.2, 0.25) is 0 Å². The number of benzene rings is 1. The molecule has 144 valence electrons. The van der Waals surface area contributed by atoms with Crippen LogP contribution in [0.3, 0.4) is 0 Å². The highest BCUT2D eigenvalue weighted by atomic mass is 32.1. The molecule has 2 N–H and O–H groups in total. The van der Waals surface area contributed by atoms with Crippen LogP contribution in [0.25, 0.3) is 0 Å². The summed E-state index contributed by atoms with van der Waals surface area (Å²) in [5, 5.41) is 13.9. The van der Waals surface area contributed by atoms with Gasteiger partial charge in [0, 0.05) is 18.9 Å². The Morgan fingerprint density at radius 2 is 1.82 bits per heavy atom. The van der Waals surface area contributed by atoms with Gasteiger partial charge in [-0.05, 0) is 29.5 Å². The molecular weight excluding hydrogens is 376 g/mol. The maximum absolute atomic E-state index is 12.3. The van der Waals surface area contributed by atoms with Crippen LogP contribution < -0.4 is 5.32 Å². The van der Waals surface area contributed by atoms with Crippen LogP contribution >= 0.6 is 11.3 Å². The summed E-state index contributed by atoms with van der Waals surface area (Å²) in [5.41, 5.74) is 0.934. The molecule has 0 bridgehead atoms. The first-order valence-electron chi connectivity index (χ1n) is 8.82. The largest absolute Gasteiger partial charge is 0.478 e. The Morgan fingerprint density at radius 1 is 1.07 bits per heavy atom. The molecule has 2 aromatic rings. The van der Waals surface area contributed by atoms with Crippen molar-refractivity contribution in [1.29, 1.82) is 0 Å². The topological polar surface area (TPSA) is 86.7 Å². The Morgan fingerprint density at radius 3 is 2.50 bits per heavy atom. The normalized spacial score (nSPS) is 13.5. The van der Waals surface area contributed by atoms with E-state index in [2.05, 4.69) is 5.32 Å². The lowest BCUT2D eigenvalue weighted by atomic mass is 10.0. The van der Waals surface area contributed by atoms with Crippen LogP contribution in [0, 0.1) is 5.92 Å². The average molecular weight is 396 g/mol. The van der Waals surface area contributed by atoms with Gasteiger partial charge in [0.25, 0.3) is 0 Å². The minimum absolute atomic E-state index is 0.0318. The van der Waals surface area contributed by atoms with Gasteiger partial charge in [0.15, 0.2) is 5.78 Å². The van der Waals surface area contributed by atoms with E-state index in [1.807, 2.05) is 11.4 Å². The molecule has 0 fully saturated rings. The van der Waals surface area contributed by atoms with Gasteiger partial charge in [-0.1, -0.05) is 36.4 Å². The predicted octanol–water partition coefficient (Wildman–Crippen LogP) is 2.95. The number of hydrogen-bond acceptors (Lipinski definition) is 5. The van der Waals surface area contributed by atoms with E-state index in [-0.39, 0.29) is 23.8 Å². The van der Waals surface area contributed by atoms with E-state index >= 15 is 0 Å². The molecule has 0 atom stereocenters. The van der Waals surface area contributed by atoms with Crippen molar-refractivity contribution in [2.24, 2.45) is 5.92 Å². The molecule has 7 heteroatoms. The van der Waals surface area contributed by atoms with Gasteiger partial charge in [0.1, 0.15) is 0 Å². The van der Waals surface area contributed by atoms with Crippen LogP contribution in [0.1, 0.15) is 25.6 Å². The number of carboxylic acids is 1. The summed E-state index contributed by atoms with van der Waals surface area (Å²) < 4.78 is 0. The molecule has 1 amide bonds. The first-order valence-corrected chi connectivity index (χ1v) is 9.70. The maximum atomic E-state index is 12.3. The molecule has 1 aromatic heterocycles. The number of carbonyl (C=O) groups is 3. The number of thiophene rings is 1. The van der Waals surface area contributed by atoms with Crippen molar-refractivity contribution in [3.8, 4) is 0 Å². The van der Waals surface area contributed by atoms with Gasteiger partial charge in [0.05, 0.1) is 22.9 Å². The zero-order valence-corrected chi connectivity index (χ0v) is 15.9. The number of nitrogens with one attached hydrogen (secondary N) is 1. The number of aromatic carboxylic acids is 1. The van der Waals surface area contributed by atoms with E-state index in [1.165, 1.54) is 11.3 Å². The number of rotatable bonds is 8. The van der Waals surface area contributed by atoms with Gasteiger partial charge in [-0.25, -0.2) is 4.79 Å². The molecule has 0 radical (unpaired) electrons. The molecule has 0 unspecified atom stereocenters. The SMILES string of the molecule is O=C(CN1C=CC(C(=O)NCCc2ccccc2C(=O)O)C=C1)c1cccs1. The monoisotopic (exact) mass is 396 g/mol. The number of Topliss-reactive ketones (excluding diaryl/α,β-unsaturated/α-hetero) is 1. The van der Waals surface area contributed by atoms with Crippen molar-refractivity contribution in [3.63, 3.8) is 0 Å². The minimum Gasteiger partial charge on any atom is -0.478 e. The van der Waals surface area contributed by atoms with Crippen LogP contribution in [0.5, 0.6) is 0 Å².